The van der Waals surface area contributed by atoms with Gasteiger partial charge in [0.15, 0.2) is 12.1 Å². The summed E-state index contributed by atoms with van der Waals surface area (Å²) >= 11 is 0. The minimum absolute atomic E-state index is 0.0551. The van der Waals surface area contributed by atoms with Gasteiger partial charge in [0.05, 0.1) is 27.2 Å². The number of aliphatic hydroxyl groups excluding tert-OH is 2. The van der Waals surface area contributed by atoms with E-state index in [1.165, 1.54) is 89.9 Å². The molecule has 3 atom stereocenters. The third-order valence-electron chi connectivity index (χ3n) is 8.04. The molecule has 0 aliphatic carbocycles. The van der Waals surface area contributed by atoms with E-state index >= 15 is 0 Å². The topological polar surface area (TPSA) is 134 Å². The summed E-state index contributed by atoms with van der Waals surface area (Å²) in [6.45, 7) is 3.55. The molecule has 0 aliphatic rings. The summed E-state index contributed by atoms with van der Waals surface area (Å²) in [4.78, 5) is 22.5. The van der Waals surface area contributed by atoms with Crippen LogP contribution in [0.25, 0.3) is 0 Å². The van der Waals surface area contributed by atoms with Crippen molar-refractivity contribution < 1.29 is 43.3 Å². The quantitative estimate of drug-likeness (QED) is 0.0162. The second-order valence-corrected chi connectivity index (χ2v) is 14.6. The van der Waals surface area contributed by atoms with Gasteiger partial charge in [-0.3, -0.25) is 9.36 Å². The molecule has 4 N–H and O–H groups in total. The van der Waals surface area contributed by atoms with Crippen molar-refractivity contribution in [1.29, 1.82) is 0 Å². The first kappa shape index (κ1) is 42.2. The molecule has 0 fully saturated rings. The smallest absolute Gasteiger partial charge is 0.385 e. The fraction of sp³-hybridized carbons (Fsp3) is 0.909. The highest BCUT2D eigenvalue weighted by Gasteiger charge is 2.43. The third-order valence-corrected chi connectivity index (χ3v) is 10.3. The number of allylic oxidation sites excluding steroid dienone is 2. The highest BCUT2D eigenvalue weighted by atomic mass is 31.2. The molecule has 9 nitrogen and oxygen atoms in total. The second kappa shape index (κ2) is 26.4. The number of hydrogen-bond acceptors (Lipinski definition) is 7. The van der Waals surface area contributed by atoms with E-state index < -0.39 is 38.3 Å². The average molecular weight is 637 g/mol. The minimum atomic E-state index is -4.13. The standard InChI is InChI=1S/C33H66NO8P/c1-5-7-8-9-10-11-12-13-14-15-16-17-18-19-20-21-22-23-24-25-33(38)41-28-30(35)29-42-43(39,40)31(6-2)34(3,4)27-26-32(36)37/h14-15,30-32,35-37H,5-13,16-29H2,1-4H3/p+1/b15-14-/t30-,31?/m1/s1. The fourth-order valence-corrected chi connectivity index (χ4v) is 7.28. The number of rotatable bonds is 30. The molecular formula is C33H67NO8P+. The molecule has 0 saturated carbocycles. The average Bonchev–Trinajstić information content (AvgIpc) is 2.95. The Morgan fingerprint density at radius 3 is 1.74 bits per heavy atom. The number of aliphatic hydroxyl groups is 3. The van der Waals surface area contributed by atoms with Crippen molar-refractivity contribution >= 4 is 13.6 Å². The van der Waals surface area contributed by atoms with Gasteiger partial charge in [0, 0.05) is 19.3 Å². The van der Waals surface area contributed by atoms with Crippen LogP contribution in [0.5, 0.6) is 0 Å². The van der Waals surface area contributed by atoms with E-state index in [1.54, 1.807) is 21.0 Å². The summed E-state index contributed by atoms with van der Waals surface area (Å²) < 4.78 is 23.2. The summed E-state index contributed by atoms with van der Waals surface area (Å²) in [6.07, 6.45) is 23.7. The van der Waals surface area contributed by atoms with Crippen molar-refractivity contribution in [3.8, 4) is 0 Å². The molecule has 0 rings (SSSR count). The number of quaternary nitrogens is 1. The molecule has 0 aromatic carbocycles. The monoisotopic (exact) mass is 636 g/mol. The molecule has 0 spiro atoms. The van der Waals surface area contributed by atoms with Gasteiger partial charge in [-0.05, 0) is 32.1 Å². The lowest BCUT2D eigenvalue weighted by atomic mass is 10.1. The molecule has 0 aromatic rings. The minimum Gasteiger partial charge on any atom is -0.463 e. The van der Waals surface area contributed by atoms with Crippen LogP contribution in [0.15, 0.2) is 12.2 Å². The molecule has 2 unspecified atom stereocenters. The number of carbonyl (C=O) groups excluding carboxylic acids is 1. The SMILES string of the molecule is CCCCCCCCC/C=C\CCCCCCCCCCC(=O)OC[C@@H](O)COP(=O)(O)C(CC)[N+](C)(C)CCC(O)O. The number of esters is 1. The number of nitrogens with zero attached hydrogens (tertiary/aromatic N) is 1. The van der Waals surface area contributed by atoms with Crippen molar-refractivity contribution in [3.05, 3.63) is 12.2 Å². The Hall–Kier alpha value is -0.800. The predicted molar refractivity (Wildman–Crippen MR) is 175 cm³/mol. The van der Waals surface area contributed by atoms with Crippen LogP contribution in [0.3, 0.4) is 0 Å². The molecule has 0 amide bonds. The van der Waals surface area contributed by atoms with Crippen LogP contribution >= 0.6 is 7.60 Å². The Labute approximate surface area is 263 Å². The molecule has 256 valence electrons. The van der Waals surface area contributed by atoms with Crippen LogP contribution in [-0.2, 0) is 18.6 Å². The lowest BCUT2D eigenvalue weighted by Crippen LogP contribution is -2.50. The van der Waals surface area contributed by atoms with E-state index in [-0.39, 0.29) is 30.5 Å². The van der Waals surface area contributed by atoms with E-state index in [0.29, 0.717) is 6.42 Å². The Bertz CT molecular complexity index is 746. The summed E-state index contributed by atoms with van der Waals surface area (Å²) in [6, 6.07) is 0. The number of carbonyl (C=O) groups is 1. The van der Waals surface area contributed by atoms with Gasteiger partial charge in [-0.15, -0.1) is 0 Å². The van der Waals surface area contributed by atoms with Crippen molar-refractivity contribution in [1.82, 2.24) is 0 Å². The lowest BCUT2D eigenvalue weighted by molar-refractivity contribution is -0.903. The summed E-state index contributed by atoms with van der Waals surface area (Å²) in [7, 11) is -0.687. The molecule has 0 aromatic heterocycles. The summed E-state index contributed by atoms with van der Waals surface area (Å²) in [5.74, 6) is -1.19. The van der Waals surface area contributed by atoms with Gasteiger partial charge in [-0.1, -0.05) is 103 Å². The molecule has 0 aliphatic heterocycles. The first-order chi connectivity index (χ1) is 20.5. The van der Waals surface area contributed by atoms with Gasteiger partial charge in [-0.2, -0.15) is 0 Å². The van der Waals surface area contributed by atoms with Crippen molar-refractivity contribution in [2.45, 2.75) is 160 Å². The molecule has 43 heavy (non-hydrogen) atoms. The Kier molecular flexibility index (Phi) is 25.9. The lowest BCUT2D eigenvalue weighted by Gasteiger charge is -2.39. The Balaban J connectivity index is 3.80. The van der Waals surface area contributed by atoms with E-state index in [0.717, 1.165) is 19.3 Å². The maximum atomic E-state index is 12.8. The van der Waals surface area contributed by atoms with E-state index in [4.69, 9.17) is 19.5 Å². The van der Waals surface area contributed by atoms with Crippen LogP contribution in [0.1, 0.15) is 142 Å². The van der Waals surface area contributed by atoms with E-state index in [9.17, 15) is 19.4 Å². The maximum Gasteiger partial charge on any atom is 0.385 e. The van der Waals surface area contributed by atoms with Crippen LogP contribution in [0.2, 0.25) is 0 Å². The second-order valence-electron chi connectivity index (χ2n) is 12.6. The predicted octanol–water partition coefficient (Wildman–Crippen LogP) is 7.20. The van der Waals surface area contributed by atoms with Crippen molar-refractivity contribution in [2.24, 2.45) is 0 Å². The molecule has 0 radical (unpaired) electrons. The summed E-state index contributed by atoms with van der Waals surface area (Å²) in [5.41, 5.74) is 0. The maximum absolute atomic E-state index is 12.8. The fourth-order valence-electron chi connectivity index (χ4n) is 5.35. The Morgan fingerprint density at radius 2 is 1.26 bits per heavy atom. The van der Waals surface area contributed by atoms with Crippen LogP contribution < -0.4 is 0 Å². The highest BCUT2D eigenvalue weighted by molar-refractivity contribution is 7.53. The van der Waals surface area contributed by atoms with Gasteiger partial charge >= 0.3 is 13.6 Å². The van der Waals surface area contributed by atoms with Crippen LogP contribution in [0.4, 0.5) is 0 Å². The van der Waals surface area contributed by atoms with E-state index in [1.807, 2.05) is 0 Å². The largest absolute Gasteiger partial charge is 0.463 e. The zero-order valence-electron chi connectivity index (χ0n) is 28.0. The van der Waals surface area contributed by atoms with Crippen molar-refractivity contribution in [3.63, 3.8) is 0 Å². The van der Waals surface area contributed by atoms with Gasteiger partial charge < -0.3 is 34.0 Å². The van der Waals surface area contributed by atoms with Gasteiger partial charge in [0.1, 0.15) is 12.7 Å². The number of unbranched alkanes of at least 4 members (excludes halogenated alkanes) is 15. The van der Waals surface area contributed by atoms with Crippen molar-refractivity contribution in [2.75, 3.05) is 33.9 Å². The zero-order valence-corrected chi connectivity index (χ0v) is 28.9. The van der Waals surface area contributed by atoms with E-state index in [2.05, 4.69) is 19.1 Å². The molecule has 0 saturated heterocycles. The van der Waals surface area contributed by atoms with Gasteiger partial charge in [0.25, 0.3) is 0 Å². The molecule has 0 bridgehead atoms. The molecule has 10 heteroatoms. The number of ether oxygens (including phenoxy) is 1. The van der Waals surface area contributed by atoms with Crippen LogP contribution in [0, 0.1) is 0 Å². The normalized spacial score (nSPS) is 15.2. The third kappa shape index (κ3) is 24.2. The van der Waals surface area contributed by atoms with Crippen LogP contribution in [-0.4, -0.2) is 82.7 Å². The zero-order chi connectivity index (χ0) is 32.4. The molecule has 0 heterocycles. The first-order valence-electron chi connectivity index (χ1n) is 17.1. The van der Waals surface area contributed by atoms with Gasteiger partial charge in [-0.25, -0.2) is 0 Å². The number of hydrogen-bond donors (Lipinski definition) is 4. The van der Waals surface area contributed by atoms with Gasteiger partial charge in [0.2, 0.25) is 0 Å². The highest BCUT2D eigenvalue weighted by Crippen LogP contribution is 2.52. The first-order valence-corrected chi connectivity index (χ1v) is 18.7. The Morgan fingerprint density at radius 1 is 0.767 bits per heavy atom. The summed E-state index contributed by atoms with van der Waals surface area (Å²) in [5, 5.41) is 28.4. The molecular weight excluding hydrogens is 569 g/mol.